The lowest BCUT2D eigenvalue weighted by atomic mass is 10.0. The van der Waals surface area contributed by atoms with Crippen molar-refractivity contribution >= 4 is 12.1 Å². The van der Waals surface area contributed by atoms with Gasteiger partial charge in [-0.1, -0.05) is 18.2 Å². The van der Waals surface area contributed by atoms with Crippen molar-refractivity contribution < 1.29 is 38.0 Å². The molecule has 31 heavy (non-hydrogen) atoms. The molecule has 0 spiro atoms. The van der Waals surface area contributed by atoms with Gasteiger partial charge in [0.2, 0.25) is 0 Å². The molecule has 168 valence electrons. The second kappa shape index (κ2) is 10.3. The summed E-state index contributed by atoms with van der Waals surface area (Å²) in [6, 6.07) is 9.98. The molecule has 8 heteroatoms. The fourth-order valence-corrected chi connectivity index (χ4v) is 2.93. The van der Waals surface area contributed by atoms with Crippen molar-refractivity contribution in [2.45, 2.75) is 39.6 Å². The molecule has 0 saturated heterocycles. The number of carbonyl (C=O) groups is 2. The second-order valence-electron chi connectivity index (χ2n) is 7.57. The summed E-state index contributed by atoms with van der Waals surface area (Å²) in [6.07, 6.45) is -1.79. The van der Waals surface area contributed by atoms with Crippen LogP contribution in [0.25, 0.3) is 0 Å². The highest BCUT2D eigenvalue weighted by Crippen LogP contribution is 2.39. The van der Waals surface area contributed by atoms with E-state index in [4.69, 9.17) is 28.4 Å². The Morgan fingerprint density at radius 2 is 1.55 bits per heavy atom. The van der Waals surface area contributed by atoms with E-state index in [-0.39, 0.29) is 11.3 Å². The quantitative estimate of drug-likeness (QED) is 0.266. The van der Waals surface area contributed by atoms with Gasteiger partial charge in [0.05, 0.1) is 12.7 Å². The van der Waals surface area contributed by atoms with Crippen LogP contribution in [0.5, 0.6) is 17.2 Å². The molecule has 0 aliphatic carbocycles. The minimum Gasteiger partial charge on any atom is -0.496 e. The van der Waals surface area contributed by atoms with E-state index in [1.807, 2.05) is 0 Å². The minimum absolute atomic E-state index is 0.0151. The Bertz CT molecular complexity index is 911. The molecule has 0 N–H and O–H groups in total. The largest absolute Gasteiger partial charge is 0.514 e. The molecule has 0 aromatic heterocycles. The monoisotopic (exact) mass is 432 g/mol. The van der Waals surface area contributed by atoms with Crippen molar-refractivity contribution in [3.8, 4) is 17.2 Å². The number of para-hydroxylation sites is 1. The molecule has 0 bridgehead atoms. The third kappa shape index (κ3) is 6.19. The maximum atomic E-state index is 13.0. The fourth-order valence-electron chi connectivity index (χ4n) is 2.93. The average Bonchev–Trinajstić information content (AvgIpc) is 2.68. The highest BCUT2D eigenvalue weighted by atomic mass is 16.7. The van der Waals surface area contributed by atoms with Crippen molar-refractivity contribution in [3.63, 3.8) is 0 Å². The summed E-state index contributed by atoms with van der Waals surface area (Å²) in [5.41, 5.74) is 0.0490. The standard InChI is InChI=1S/C23H28O8/c1-14-18(20(24)29-15-11-9-8-10-12-15)17(30-22(25)31-23(2,3)4)13-16(19(14)26-5)21(27-6)28-7/h8-13,21H,1-7H3. The normalized spacial score (nSPS) is 11.2. The van der Waals surface area contributed by atoms with Gasteiger partial charge < -0.3 is 28.4 Å². The summed E-state index contributed by atoms with van der Waals surface area (Å²) in [5, 5.41) is 0. The number of esters is 1. The van der Waals surface area contributed by atoms with E-state index in [0.717, 1.165) is 0 Å². The zero-order valence-electron chi connectivity index (χ0n) is 18.8. The first-order valence-corrected chi connectivity index (χ1v) is 9.56. The predicted octanol–water partition coefficient (Wildman–Crippen LogP) is 4.83. The maximum Gasteiger partial charge on any atom is 0.514 e. The van der Waals surface area contributed by atoms with Crippen LogP contribution in [-0.2, 0) is 14.2 Å². The molecule has 0 atom stereocenters. The minimum atomic E-state index is -0.969. The van der Waals surface area contributed by atoms with Crippen molar-refractivity contribution in [2.24, 2.45) is 0 Å². The van der Waals surface area contributed by atoms with E-state index in [9.17, 15) is 9.59 Å². The molecule has 2 aromatic carbocycles. The Kier molecular flexibility index (Phi) is 8.01. The summed E-state index contributed by atoms with van der Waals surface area (Å²) >= 11 is 0. The van der Waals surface area contributed by atoms with Gasteiger partial charge in [-0.3, -0.25) is 0 Å². The first-order valence-electron chi connectivity index (χ1n) is 9.56. The SMILES string of the molecule is COc1c(C(OC)OC)cc(OC(=O)OC(C)(C)C)c(C(=O)Oc2ccccc2)c1C. The number of hydrogen-bond acceptors (Lipinski definition) is 8. The highest BCUT2D eigenvalue weighted by Gasteiger charge is 2.29. The molecule has 0 unspecified atom stereocenters. The van der Waals surface area contributed by atoms with Gasteiger partial charge in [-0.05, 0) is 45.9 Å². The number of ether oxygens (including phenoxy) is 6. The Morgan fingerprint density at radius 1 is 0.935 bits per heavy atom. The van der Waals surface area contributed by atoms with E-state index in [2.05, 4.69) is 0 Å². The van der Waals surface area contributed by atoms with Gasteiger partial charge in [0.15, 0.2) is 6.29 Å². The zero-order chi connectivity index (χ0) is 23.2. The smallest absolute Gasteiger partial charge is 0.496 e. The van der Waals surface area contributed by atoms with Crippen LogP contribution in [0.3, 0.4) is 0 Å². The molecule has 0 radical (unpaired) electrons. The summed E-state index contributed by atoms with van der Waals surface area (Å²) in [7, 11) is 4.36. The molecule has 0 saturated carbocycles. The van der Waals surface area contributed by atoms with Gasteiger partial charge in [-0.25, -0.2) is 9.59 Å². The lowest BCUT2D eigenvalue weighted by molar-refractivity contribution is -0.107. The molecule has 2 rings (SSSR count). The lowest BCUT2D eigenvalue weighted by Crippen LogP contribution is -2.27. The summed E-state index contributed by atoms with van der Waals surface area (Å²) in [5.74, 6) is -0.115. The molecular formula is C23H28O8. The average molecular weight is 432 g/mol. The molecular weight excluding hydrogens is 404 g/mol. The van der Waals surface area contributed by atoms with Crippen molar-refractivity contribution in [1.29, 1.82) is 0 Å². The van der Waals surface area contributed by atoms with E-state index >= 15 is 0 Å². The van der Waals surface area contributed by atoms with Crippen LogP contribution in [0.1, 0.15) is 48.5 Å². The molecule has 2 aromatic rings. The first-order chi connectivity index (χ1) is 14.6. The van der Waals surface area contributed by atoms with Gasteiger partial charge in [-0.15, -0.1) is 0 Å². The van der Waals surface area contributed by atoms with Crippen molar-refractivity contribution in [1.82, 2.24) is 0 Å². The van der Waals surface area contributed by atoms with E-state index in [1.54, 1.807) is 58.0 Å². The topological polar surface area (TPSA) is 89.5 Å². The number of benzene rings is 2. The van der Waals surface area contributed by atoms with Crippen molar-refractivity contribution in [3.05, 3.63) is 53.1 Å². The van der Waals surface area contributed by atoms with Crippen LogP contribution in [0, 0.1) is 6.92 Å². The molecule has 0 aliphatic rings. The highest BCUT2D eigenvalue weighted by molar-refractivity contribution is 5.97. The summed E-state index contributed by atoms with van der Waals surface area (Å²) in [4.78, 5) is 25.4. The number of hydrogen-bond donors (Lipinski definition) is 0. The lowest BCUT2D eigenvalue weighted by Gasteiger charge is -2.23. The number of methoxy groups -OCH3 is 3. The molecule has 8 nitrogen and oxygen atoms in total. The van der Waals surface area contributed by atoms with E-state index < -0.39 is 24.0 Å². The van der Waals surface area contributed by atoms with Crippen molar-refractivity contribution in [2.75, 3.05) is 21.3 Å². The Labute approximate surface area is 182 Å². The molecule has 0 heterocycles. The third-order valence-corrected chi connectivity index (χ3v) is 4.14. The van der Waals surface area contributed by atoms with Crippen LogP contribution in [0.4, 0.5) is 4.79 Å². The van der Waals surface area contributed by atoms with Gasteiger partial charge in [0.25, 0.3) is 0 Å². The molecule has 0 fully saturated rings. The van der Waals surface area contributed by atoms with E-state index in [0.29, 0.717) is 22.6 Å². The van der Waals surface area contributed by atoms with Crippen LogP contribution in [0.2, 0.25) is 0 Å². The zero-order valence-corrected chi connectivity index (χ0v) is 18.8. The Balaban J connectivity index is 2.59. The van der Waals surface area contributed by atoms with Gasteiger partial charge in [-0.2, -0.15) is 0 Å². The molecule has 0 aliphatic heterocycles. The first kappa shape index (κ1) is 24.2. The van der Waals surface area contributed by atoms with E-state index in [1.165, 1.54) is 27.4 Å². The summed E-state index contributed by atoms with van der Waals surface area (Å²) in [6.45, 7) is 6.76. The second-order valence-corrected chi connectivity index (χ2v) is 7.57. The summed E-state index contributed by atoms with van der Waals surface area (Å²) < 4.78 is 32.3. The van der Waals surface area contributed by atoms with Crippen LogP contribution < -0.4 is 14.2 Å². The Morgan fingerprint density at radius 3 is 2.06 bits per heavy atom. The van der Waals surface area contributed by atoms with Gasteiger partial charge in [0.1, 0.15) is 28.4 Å². The maximum absolute atomic E-state index is 13.0. The molecule has 0 amide bonds. The predicted molar refractivity (Wildman–Crippen MR) is 113 cm³/mol. The number of carbonyl (C=O) groups excluding carboxylic acids is 2. The van der Waals surface area contributed by atoms with Gasteiger partial charge >= 0.3 is 12.1 Å². The Hall–Kier alpha value is -3.10. The fraction of sp³-hybridized carbons (Fsp3) is 0.391. The van der Waals surface area contributed by atoms with Gasteiger partial charge in [0, 0.05) is 19.8 Å². The van der Waals surface area contributed by atoms with Crippen LogP contribution in [0.15, 0.2) is 36.4 Å². The number of rotatable bonds is 7. The van der Waals surface area contributed by atoms with Crippen LogP contribution in [-0.4, -0.2) is 39.1 Å². The van der Waals surface area contributed by atoms with Crippen LogP contribution >= 0.6 is 0 Å². The third-order valence-electron chi connectivity index (χ3n) is 4.14.